The van der Waals surface area contributed by atoms with Crippen LogP contribution in [0.5, 0.6) is 0 Å². The number of sulfone groups is 1. The summed E-state index contributed by atoms with van der Waals surface area (Å²) < 4.78 is 23.0. The molecule has 0 spiro atoms. The number of carbonyl (C=O) groups is 1. The van der Waals surface area contributed by atoms with Crippen LogP contribution >= 0.6 is 0 Å². The number of hydrogen-bond acceptors (Lipinski definition) is 4. The molecule has 0 heterocycles. The number of amides is 1. The summed E-state index contributed by atoms with van der Waals surface area (Å²) in [5, 5.41) is 2.77. The lowest BCUT2D eigenvalue weighted by Crippen LogP contribution is -2.40. The predicted octanol–water partition coefficient (Wildman–Crippen LogP) is 1.55. The minimum absolute atomic E-state index is 0.109. The van der Waals surface area contributed by atoms with E-state index in [2.05, 4.69) is 5.32 Å². The third-order valence-electron chi connectivity index (χ3n) is 3.69. The fourth-order valence-corrected chi connectivity index (χ4v) is 3.19. The average Bonchev–Trinajstić information content (AvgIpc) is 2.38. The normalized spacial score (nSPS) is 23.3. The van der Waals surface area contributed by atoms with Gasteiger partial charge in [0.05, 0.1) is 10.8 Å². The zero-order valence-corrected chi connectivity index (χ0v) is 12.3. The smallest absolute Gasteiger partial charge is 0.229 e. The Balaban J connectivity index is 2.12. The Labute approximate surface area is 119 Å². The molecule has 2 unspecified atom stereocenters. The van der Waals surface area contributed by atoms with E-state index in [0.717, 1.165) is 31.9 Å². The van der Waals surface area contributed by atoms with Crippen molar-refractivity contribution in [1.82, 2.24) is 0 Å². The molecule has 0 radical (unpaired) electrons. The van der Waals surface area contributed by atoms with Gasteiger partial charge in [-0.25, -0.2) is 8.42 Å². The van der Waals surface area contributed by atoms with Gasteiger partial charge in [-0.1, -0.05) is 18.9 Å². The van der Waals surface area contributed by atoms with Gasteiger partial charge in [0, 0.05) is 18.0 Å². The fraction of sp³-hybridized carbons (Fsp3) is 0.500. The maximum absolute atomic E-state index is 12.2. The monoisotopic (exact) mass is 296 g/mol. The number of anilines is 1. The number of rotatable bonds is 3. The van der Waals surface area contributed by atoms with Crippen molar-refractivity contribution in [1.29, 1.82) is 0 Å². The van der Waals surface area contributed by atoms with Crippen LogP contribution < -0.4 is 11.1 Å². The molecule has 1 fully saturated rings. The van der Waals surface area contributed by atoms with Crippen LogP contribution in [-0.4, -0.2) is 26.6 Å². The minimum Gasteiger partial charge on any atom is -0.327 e. The summed E-state index contributed by atoms with van der Waals surface area (Å²) in [5.41, 5.74) is 6.47. The second-order valence-electron chi connectivity index (χ2n) is 5.34. The molecule has 0 aromatic heterocycles. The van der Waals surface area contributed by atoms with E-state index in [4.69, 9.17) is 5.73 Å². The minimum atomic E-state index is -3.27. The molecule has 1 saturated carbocycles. The van der Waals surface area contributed by atoms with Crippen LogP contribution in [0, 0.1) is 5.92 Å². The molecule has 20 heavy (non-hydrogen) atoms. The van der Waals surface area contributed by atoms with Gasteiger partial charge < -0.3 is 11.1 Å². The number of benzene rings is 1. The molecular formula is C14H20N2O3S. The lowest BCUT2D eigenvalue weighted by atomic mass is 9.84. The highest BCUT2D eigenvalue weighted by molar-refractivity contribution is 7.90. The van der Waals surface area contributed by atoms with Gasteiger partial charge in [0.2, 0.25) is 5.91 Å². The van der Waals surface area contributed by atoms with E-state index in [1.54, 1.807) is 12.1 Å². The second kappa shape index (κ2) is 5.93. The van der Waals surface area contributed by atoms with Crippen LogP contribution in [0.25, 0.3) is 0 Å². The van der Waals surface area contributed by atoms with Crippen molar-refractivity contribution >= 4 is 21.4 Å². The molecule has 0 saturated heterocycles. The Morgan fingerprint density at radius 1 is 1.30 bits per heavy atom. The van der Waals surface area contributed by atoms with Gasteiger partial charge >= 0.3 is 0 Å². The Kier molecular flexibility index (Phi) is 4.45. The van der Waals surface area contributed by atoms with Crippen LogP contribution in [-0.2, 0) is 14.6 Å². The first-order valence-electron chi connectivity index (χ1n) is 6.74. The summed E-state index contributed by atoms with van der Waals surface area (Å²) in [6.07, 6.45) is 4.87. The highest BCUT2D eigenvalue weighted by atomic mass is 32.2. The van der Waals surface area contributed by atoms with Crippen LogP contribution in [0.15, 0.2) is 29.2 Å². The van der Waals surface area contributed by atoms with Gasteiger partial charge in [-0.15, -0.1) is 0 Å². The van der Waals surface area contributed by atoms with E-state index in [-0.39, 0.29) is 22.8 Å². The highest BCUT2D eigenvalue weighted by Gasteiger charge is 2.28. The first kappa shape index (κ1) is 15.0. The lowest BCUT2D eigenvalue weighted by Gasteiger charge is -2.27. The van der Waals surface area contributed by atoms with Crippen LogP contribution in [0.3, 0.4) is 0 Å². The fourth-order valence-electron chi connectivity index (χ4n) is 2.52. The Morgan fingerprint density at radius 2 is 2.00 bits per heavy atom. The molecule has 1 aromatic rings. The summed E-state index contributed by atoms with van der Waals surface area (Å²) in [4.78, 5) is 12.4. The summed E-state index contributed by atoms with van der Waals surface area (Å²) in [7, 11) is -3.27. The van der Waals surface area contributed by atoms with E-state index in [9.17, 15) is 13.2 Å². The average molecular weight is 296 g/mol. The zero-order chi connectivity index (χ0) is 14.8. The van der Waals surface area contributed by atoms with Crippen molar-refractivity contribution in [2.75, 3.05) is 11.6 Å². The van der Waals surface area contributed by atoms with Crippen molar-refractivity contribution in [2.24, 2.45) is 11.7 Å². The van der Waals surface area contributed by atoms with E-state index >= 15 is 0 Å². The van der Waals surface area contributed by atoms with Crippen molar-refractivity contribution in [3.05, 3.63) is 24.3 Å². The molecule has 1 amide bonds. The van der Waals surface area contributed by atoms with Gasteiger partial charge in [-0.05, 0) is 31.0 Å². The van der Waals surface area contributed by atoms with Crippen molar-refractivity contribution < 1.29 is 13.2 Å². The lowest BCUT2D eigenvalue weighted by molar-refractivity contribution is -0.121. The summed E-state index contributed by atoms with van der Waals surface area (Å²) >= 11 is 0. The van der Waals surface area contributed by atoms with Crippen LogP contribution in [0.4, 0.5) is 5.69 Å². The van der Waals surface area contributed by atoms with Gasteiger partial charge in [0.15, 0.2) is 9.84 Å². The summed E-state index contributed by atoms with van der Waals surface area (Å²) in [5.74, 6) is -0.312. The molecule has 5 nitrogen and oxygen atoms in total. The van der Waals surface area contributed by atoms with E-state index in [0.29, 0.717) is 5.69 Å². The standard InChI is InChI=1S/C14H20N2O3S/c1-20(18,19)11-6-4-5-10(9-11)16-14(17)12-7-2-3-8-13(12)15/h4-6,9,12-13H,2-3,7-8,15H2,1H3,(H,16,17). The van der Waals surface area contributed by atoms with E-state index in [1.165, 1.54) is 12.1 Å². The van der Waals surface area contributed by atoms with Gasteiger partial charge in [-0.2, -0.15) is 0 Å². The first-order chi connectivity index (χ1) is 9.38. The van der Waals surface area contributed by atoms with E-state index in [1.807, 2.05) is 0 Å². The molecule has 1 aromatic carbocycles. The second-order valence-corrected chi connectivity index (χ2v) is 7.36. The van der Waals surface area contributed by atoms with E-state index < -0.39 is 9.84 Å². The maximum Gasteiger partial charge on any atom is 0.229 e. The molecule has 1 aliphatic rings. The summed E-state index contributed by atoms with van der Waals surface area (Å²) in [6, 6.07) is 6.17. The first-order valence-corrected chi connectivity index (χ1v) is 8.63. The number of carbonyl (C=O) groups excluding carboxylic acids is 1. The molecule has 2 atom stereocenters. The molecule has 0 aliphatic heterocycles. The van der Waals surface area contributed by atoms with Gasteiger partial charge in [0.1, 0.15) is 0 Å². The molecule has 2 rings (SSSR count). The SMILES string of the molecule is CS(=O)(=O)c1cccc(NC(=O)C2CCCCC2N)c1. The zero-order valence-electron chi connectivity index (χ0n) is 11.5. The third kappa shape index (κ3) is 3.58. The molecule has 3 N–H and O–H groups in total. The quantitative estimate of drug-likeness (QED) is 0.885. The van der Waals surface area contributed by atoms with Gasteiger partial charge in [0.25, 0.3) is 0 Å². The maximum atomic E-state index is 12.2. The molecule has 1 aliphatic carbocycles. The molecule has 110 valence electrons. The van der Waals surface area contributed by atoms with Crippen molar-refractivity contribution in [3.8, 4) is 0 Å². The molecular weight excluding hydrogens is 276 g/mol. The Hall–Kier alpha value is -1.40. The predicted molar refractivity (Wildman–Crippen MR) is 78.1 cm³/mol. The van der Waals surface area contributed by atoms with Gasteiger partial charge in [-0.3, -0.25) is 4.79 Å². The Bertz CT molecular complexity index is 598. The van der Waals surface area contributed by atoms with Crippen molar-refractivity contribution in [2.45, 2.75) is 36.6 Å². The largest absolute Gasteiger partial charge is 0.327 e. The molecule has 0 bridgehead atoms. The number of nitrogens with one attached hydrogen (secondary N) is 1. The highest BCUT2D eigenvalue weighted by Crippen LogP contribution is 2.25. The van der Waals surface area contributed by atoms with Crippen LogP contribution in [0.1, 0.15) is 25.7 Å². The van der Waals surface area contributed by atoms with Crippen LogP contribution in [0.2, 0.25) is 0 Å². The molecule has 6 heteroatoms. The Morgan fingerprint density at radius 3 is 2.65 bits per heavy atom. The topological polar surface area (TPSA) is 89.3 Å². The number of nitrogens with two attached hydrogens (primary N) is 1. The summed E-state index contributed by atoms with van der Waals surface area (Å²) in [6.45, 7) is 0. The third-order valence-corrected chi connectivity index (χ3v) is 4.80. The number of hydrogen-bond donors (Lipinski definition) is 2. The van der Waals surface area contributed by atoms with Crippen molar-refractivity contribution in [3.63, 3.8) is 0 Å².